The van der Waals surface area contributed by atoms with Crippen molar-refractivity contribution in [3.8, 4) is 0 Å². The Bertz CT molecular complexity index is 593. The fourth-order valence-corrected chi connectivity index (χ4v) is 1.68. The quantitative estimate of drug-likeness (QED) is 0.640. The van der Waals surface area contributed by atoms with Crippen molar-refractivity contribution in [1.29, 1.82) is 0 Å². The first-order chi connectivity index (χ1) is 9.69. The third kappa shape index (κ3) is 3.80. The molecule has 0 bridgehead atoms. The Hall–Kier alpha value is -2.40. The van der Waals surface area contributed by atoms with Gasteiger partial charge in [-0.1, -0.05) is 0 Å². The molecule has 5 nitrogen and oxygen atoms in total. The zero-order valence-corrected chi connectivity index (χ0v) is 11.4. The van der Waals surface area contributed by atoms with Crippen molar-refractivity contribution in [2.75, 3.05) is 18.1 Å². The van der Waals surface area contributed by atoms with E-state index in [2.05, 4.69) is 10.2 Å². The standard InChI is InChI=1S/C15H18N4O/c1-2-20-10-11-9-13(17)5-8-15(11)19-18-14-6-3-12(16)4-7-14/h3-9H,2,10,16-17H2,1H3/b19-18+. The van der Waals surface area contributed by atoms with Gasteiger partial charge in [-0.15, -0.1) is 0 Å². The van der Waals surface area contributed by atoms with E-state index >= 15 is 0 Å². The van der Waals surface area contributed by atoms with E-state index in [1.54, 1.807) is 18.2 Å². The zero-order valence-electron chi connectivity index (χ0n) is 11.4. The minimum atomic E-state index is 0.470. The van der Waals surface area contributed by atoms with E-state index in [-0.39, 0.29) is 0 Å². The number of nitrogens with two attached hydrogens (primary N) is 2. The van der Waals surface area contributed by atoms with Crippen molar-refractivity contribution in [3.05, 3.63) is 48.0 Å². The van der Waals surface area contributed by atoms with Crippen molar-refractivity contribution < 1.29 is 4.74 Å². The molecule has 0 amide bonds. The number of azo groups is 1. The van der Waals surface area contributed by atoms with Crippen LogP contribution in [0.2, 0.25) is 0 Å². The Labute approximate surface area is 118 Å². The second-order valence-electron chi connectivity index (χ2n) is 4.32. The molecule has 0 radical (unpaired) electrons. The molecule has 2 rings (SSSR count). The van der Waals surface area contributed by atoms with Crippen molar-refractivity contribution in [1.82, 2.24) is 0 Å². The Balaban J connectivity index is 2.21. The minimum absolute atomic E-state index is 0.470. The summed E-state index contributed by atoms with van der Waals surface area (Å²) in [6.07, 6.45) is 0. The third-order valence-corrected chi connectivity index (χ3v) is 2.73. The first-order valence-electron chi connectivity index (χ1n) is 6.42. The van der Waals surface area contributed by atoms with E-state index in [1.165, 1.54) is 0 Å². The predicted molar refractivity (Wildman–Crippen MR) is 81.2 cm³/mol. The van der Waals surface area contributed by atoms with Crippen LogP contribution in [0.25, 0.3) is 0 Å². The van der Waals surface area contributed by atoms with Gasteiger partial charge in [-0.2, -0.15) is 10.2 Å². The van der Waals surface area contributed by atoms with Gasteiger partial charge in [-0.05, 0) is 49.4 Å². The highest BCUT2D eigenvalue weighted by Gasteiger charge is 2.02. The Morgan fingerprint density at radius 1 is 0.950 bits per heavy atom. The summed E-state index contributed by atoms with van der Waals surface area (Å²) in [5, 5.41) is 8.44. The average Bonchev–Trinajstić information content (AvgIpc) is 2.46. The van der Waals surface area contributed by atoms with Crippen LogP contribution in [-0.2, 0) is 11.3 Å². The Morgan fingerprint density at radius 2 is 1.65 bits per heavy atom. The number of rotatable bonds is 5. The van der Waals surface area contributed by atoms with Gasteiger partial charge < -0.3 is 16.2 Å². The highest BCUT2D eigenvalue weighted by molar-refractivity contribution is 5.55. The van der Waals surface area contributed by atoms with Gasteiger partial charge in [0, 0.05) is 23.5 Å². The molecule has 0 saturated carbocycles. The van der Waals surface area contributed by atoms with Crippen molar-refractivity contribution in [2.24, 2.45) is 10.2 Å². The van der Waals surface area contributed by atoms with E-state index < -0.39 is 0 Å². The summed E-state index contributed by atoms with van der Waals surface area (Å²) in [5.41, 5.74) is 15.2. The molecule has 0 atom stereocenters. The average molecular weight is 270 g/mol. The lowest BCUT2D eigenvalue weighted by molar-refractivity contribution is 0.134. The van der Waals surface area contributed by atoms with Crippen LogP contribution >= 0.6 is 0 Å². The second-order valence-corrected chi connectivity index (χ2v) is 4.32. The smallest absolute Gasteiger partial charge is 0.0913 e. The van der Waals surface area contributed by atoms with Gasteiger partial charge in [0.2, 0.25) is 0 Å². The molecule has 0 spiro atoms. The number of hydrogen-bond acceptors (Lipinski definition) is 5. The molecule has 0 aromatic heterocycles. The fraction of sp³-hybridized carbons (Fsp3) is 0.200. The normalized spacial score (nSPS) is 11.1. The van der Waals surface area contributed by atoms with E-state index in [1.807, 2.05) is 31.2 Å². The molecule has 2 aromatic carbocycles. The van der Waals surface area contributed by atoms with Crippen LogP contribution in [0, 0.1) is 0 Å². The molecule has 0 aliphatic carbocycles. The fourth-order valence-electron chi connectivity index (χ4n) is 1.68. The number of benzene rings is 2. The van der Waals surface area contributed by atoms with Gasteiger partial charge >= 0.3 is 0 Å². The molecule has 0 fully saturated rings. The summed E-state index contributed by atoms with van der Waals surface area (Å²) in [6.45, 7) is 3.06. The minimum Gasteiger partial charge on any atom is -0.399 e. The largest absolute Gasteiger partial charge is 0.399 e. The number of nitrogens with zero attached hydrogens (tertiary/aromatic N) is 2. The van der Waals surface area contributed by atoms with Crippen LogP contribution < -0.4 is 11.5 Å². The summed E-state index contributed by atoms with van der Waals surface area (Å²) >= 11 is 0. The Morgan fingerprint density at radius 3 is 2.35 bits per heavy atom. The highest BCUT2D eigenvalue weighted by Crippen LogP contribution is 2.25. The topological polar surface area (TPSA) is 86.0 Å². The van der Waals surface area contributed by atoms with Gasteiger partial charge in [0.15, 0.2) is 0 Å². The van der Waals surface area contributed by atoms with Crippen LogP contribution in [0.4, 0.5) is 22.7 Å². The highest BCUT2D eigenvalue weighted by atomic mass is 16.5. The van der Waals surface area contributed by atoms with Crippen LogP contribution in [0.5, 0.6) is 0 Å². The summed E-state index contributed by atoms with van der Waals surface area (Å²) in [6, 6.07) is 12.7. The van der Waals surface area contributed by atoms with E-state index in [4.69, 9.17) is 16.2 Å². The lowest BCUT2D eigenvalue weighted by Gasteiger charge is -2.06. The summed E-state index contributed by atoms with van der Waals surface area (Å²) in [5.74, 6) is 0. The number of hydrogen-bond donors (Lipinski definition) is 2. The predicted octanol–water partition coefficient (Wildman–Crippen LogP) is 3.80. The molecular formula is C15H18N4O. The maximum Gasteiger partial charge on any atom is 0.0913 e. The van der Waals surface area contributed by atoms with E-state index in [0.717, 1.165) is 16.9 Å². The monoisotopic (exact) mass is 270 g/mol. The zero-order chi connectivity index (χ0) is 14.4. The molecule has 2 aromatic rings. The number of anilines is 2. The second kappa shape index (κ2) is 6.68. The van der Waals surface area contributed by atoms with Gasteiger partial charge in [-0.25, -0.2) is 0 Å². The van der Waals surface area contributed by atoms with Crippen molar-refractivity contribution in [2.45, 2.75) is 13.5 Å². The lowest BCUT2D eigenvalue weighted by atomic mass is 10.2. The summed E-state index contributed by atoms with van der Waals surface area (Å²) in [4.78, 5) is 0. The van der Waals surface area contributed by atoms with E-state index in [9.17, 15) is 0 Å². The van der Waals surface area contributed by atoms with Crippen molar-refractivity contribution >= 4 is 22.7 Å². The Kier molecular flexibility index (Phi) is 4.68. The van der Waals surface area contributed by atoms with Crippen molar-refractivity contribution in [3.63, 3.8) is 0 Å². The summed E-state index contributed by atoms with van der Waals surface area (Å²) in [7, 11) is 0. The van der Waals surface area contributed by atoms with Crippen LogP contribution in [0.15, 0.2) is 52.7 Å². The van der Waals surface area contributed by atoms with Gasteiger partial charge in [-0.3, -0.25) is 0 Å². The summed E-state index contributed by atoms with van der Waals surface area (Å²) < 4.78 is 5.41. The number of ether oxygens (including phenoxy) is 1. The maximum atomic E-state index is 5.78. The molecule has 0 aliphatic rings. The molecule has 104 valence electrons. The first-order valence-corrected chi connectivity index (χ1v) is 6.42. The van der Waals surface area contributed by atoms with Gasteiger partial charge in [0.05, 0.1) is 18.0 Å². The van der Waals surface area contributed by atoms with Gasteiger partial charge in [0.1, 0.15) is 0 Å². The molecule has 0 aliphatic heterocycles. The maximum absolute atomic E-state index is 5.78. The molecule has 20 heavy (non-hydrogen) atoms. The van der Waals surface area contributed by atoms with Crippen LogP contribution in [0.1, 0.15) is 12.5 Å². The molecular weight excluding hydrogens is 252 g/mol. The SMILES string of the molecule is CCOCc1cc(N)ccc1/N=N/c1ccc(N)cc1. The van der Waals surface area contributed by atoms with Crippen LogP contribution in [-0.4, -0.2) is 6.61 Å². The molecule has 0 unspecified atom stereocenters. The van der Waals surface area contributed by atoms with Gasteiger partial charge in [0.25, 0.3) is 0 Å². The first kappa shape index (κ1) is 14.0. The number of nitrogen functional groups attached to an aromatic ring is 2. The molecule has 0 saturated heterocycles. The molecule has 4 N–H and O–H groups in total. The van der Waals surface area contributed by atoms with Crippen LogP contribution in [0.3, 0.4) is 0 Å². The van der Waals surface area contributed by atoms with E-state index in [0.29, 0.717) is 24.6 Å². The molecule has 0 heterocycles. The third-order valence-electron chi connectivity index (χ3n) is 2.73. The lowest BCUT2D eigenvalue weighted by Crippen LogP contribution is -1.94. The molecule has 5 heteroatoms.